The van der Waals surface area contributed by atoms with Crippen LogP contribution in [0.15, 0.2) is 30.5 Å². The second kappa shape index (κ2) is 3.09. The van der Waals surface area contributed by atoms with E-state index in [1.54, 1.807) is 6.07 Å². The number of benzene rings is 1. The highest BCUT2D eigenvalue weighted by atomic mass is 19.1. The summed E-state index contributed by atoms with van der Waals surface area (Å²) in [4.78, 5) is 0. The van der Waals surface area contributed by atoms with Crippen molar-refractivity contribution in [2.75, 3.05) is 5.32 Å². The van der Waals surface area contributed by atoms with Crippen molar-refractivity contribution in [1.82, 2.24) is 0 Å². The molecule has 0 unspecified atom stereocenters. The highest BCUT2D eigenvalue weighted by Crippen LogP contribution is 2.48. The zero-order chi connectivity index (χ0) is 11.2. The maximum atomic E-state index is 13.6. The summed E-state index contributed by atoms with van der Waals surface area (Å²) in [7, 11) is 0. The standard InChI is InChI=1S/C13H16FN/c1-8(2)13(4)9(3)15-12-10(13)6-5-7-11(12)14/h5-8,15H,3H2,1-2,4H3/t13-/m0/s1. The zero-order valence-corrected chi connectivity index (χ0v) is 9.39. The molecule has 0 bridgehead atoms. The van der Waals surface area contributed by atoms with Gasteiger partial charge in [-0.3, -0.25) is 0 Å². The Morgan fingerprint density at radius 1 is 1.40 bits per heavy atom. The molecule has 1 aromatic carbocycles. The summed E-state index contributed by atoms with van der Waals surface area (Å²) in [6.07, 6.45) is 0. The molecule has 0 spiro atoms. The molecule has 80 valence electrons. The number of allylic oxidation sites excluding steroid dienone is 1. The van der Waals surface area contributed by atoms with E-state index in [-0.39, 0.29) is 11.2 Å². The maximum Gasteiger partial charge on any atom is 0.146 e. The summed E-state index contributed by atoms with van der Waals surface area (Å²) in [5.74, 6) is 0.193. The van der Waals surface area contributed by atoms with Crippen molar-refractivity contribution in [2.24, 2.45) is 5.92 Å². The van der Waals surface area contributed by atoms with Crippen molar-refractivity contribution in [3.63, 3.8) is 0 Å². The first-order chi connectivity index (χ1) is 6.98. The van der Waals surface area contributed by atoms with E-state index in [2.05, 4.69) is 32.7 Å². The van der Waals surface area contributed by atoms with Gasteiger partial charge in [-0.15, -0.1) is 0 Å². The van der Waals surface area contributed by atoms with Crippen molar-refractivity contribution >= 4 is 5.69 Å². The van der Waals surface area contributed by atoms with Gasteiger partial charge in [-0.1, -0.05) is 32.6 Å². The molecular weight excluding hydrogens is 189 g/mol. The molecule has 1 N–H and O–H groups in total. The van der Waals surface area contributed by atoms with Crippen molar-refractivity contribution in [3.8, 4) is 0 Å². The molecule has 0 saturated heterocycles. The monoisotopic (exact) mass is 205 g/mol. The van der Waals surface area contributed by atoms with E-state index in [1.807, 2.05) is 6.07 Å². The summed E-state index contributed by atoms with van der Waals surface area (Å²) in [5.41, 5.74) is 2.33. The van der Waals surface area contributed by atoms with E-state index >= 15 is 0 Å². The van der Waals surface area contributed by atoms with Crippen LogP contribution in [0.3, 0.4) is 0 Å². The minimum atomic E-state index is -0.196. The van der Waals surface area contributed by atoms with Gasteiger partial charge in [0.2, 0.25) is 0 Å². The maximum absolute atomic E-state index is 13.6. The van der Waals surface area contributed by atoms with Gasteiger partial charge in [0.25, 0.3) is 0 Å². The molecule has 0 aliphatic carbocycles. The first kappa shape index (κ1) is 10.2. The van der Waals surface area contributed by atoms with Crippen LogP contribution in [-0.2, 0) is 5.41 Å². The number of halogens is 1. The normalized spacial score (nSPS) is 24.2. The third kappa shape index (κ3) is 1.21. The Labute approximate surface area is 90.0 Å². The molecular formula is C13H16FN. The number of nitrogens with one attached hydrogen (secondary N) is 1. The Hall–Kier alpha value is -1.31. The lowest BCUT2D eigenvalue weighted by molar-refractivity contribution is 0.412. The lowest BCUT2D eigenvalue weighted by Crippen LogP contribution is -2.28. The predicted octanol–water partition coefficient (Wildman–Crippen LogP) is 3.68. The average Bonchev–Trinajstić information content (AvgIpc) is 2.44. The minimum Gasteiger partial charge on any atom is -0.356 e. The van der Waals surface area contributed by atoms with Crippen molar-refractivity contribution in [1.29, 1.82) is 0 Å². The van der Waals surface area contributed by atoms with E-state index in [0.29, 0.717) is 11.6 Å². The Morgan fingerprint density at radius 2 is 2.07 bits per heavy atom. The molecule has 1 aliphatic rings. The van der Waals surface area contributed by atoms with Crippen LogP contribution in [0.1, 0.15) is 26.3 Å². The fourth-order valence-electron chi connectivity index (χ4n) is 2.19. The fraction of sp³-hybridized carbons (Fsp3) is 0.385. The number of rotatable bonds is 1. The van der Waals surface area contributed by atoms with Crippen LogP contribution in [-0.4, -0.2) is 0 Å². The van der Waals surface area contributed by atoms with Crippen LogP contribution in [0.4, 0.5) is 10.1 Å². The van der Waals surface area contributed by atoms with E-state index in [9.17, 15) is 4.39 Å². The first-order valence-corrected chi connectivity index (χ1v) is 5.23. The highest BCUT2D eigenvalue weighted by molar-refractivity contribution is 5.68. The second-order valence-electron chi connectivity index (χ2n) is 4.62. The molecule has 2 heteroatoms. The van der Waals surface area contributed by atoms with Gasteiger partial charge in [-0.25, -0.2) is 4.39 Å². The molecule has 2 rings (SSSR count). The average molecular weight is 205 g/mol. The van der Waals surface area contributed by atoms with Crippen LogP contribution in [0.5, 0.6) is 0 Å². The van der Waals surface area contributed by atoms with Gasteiger partial charge in [0.15, 0.2) is 0 Å². The Kier molecular flexibility index (Phi) is 2.10. The Balaban J connectivity index is 2.65. The number of hydrogen-bond donors (Lipinski definition) is 1. The predicted molar refractivity (Wildman–Crippen MR) is 61.4 cm³/mol. The SMILES string of the molecule is C=C1Nc2c(F)cccc2[C@@]1(C)C(C)C. The molecule has 0 saturated carbocycles. The minimum absolute atomic E-state index is 0.169. The molecule has 1 atom stereocenters. The van der Waals surface area contributed by atoms with Crippen LogP contribution in [0.25, 0.3) is 0 Å². The van der Waals surface area contributed by atoms with Crippen LogP contribution in [0.2, 0.25) is 0 Å². The lowest BCUT2D eigenvalue weighted by atomic mass is 9.73. The molecule has 0 amide bonds. The van der Waals surface area contributed by atoms with Gasteiger partial charge in [0.05, 0.1) is 5.69 Å². The molecule has 0 aromatic heterocycles. The van der Waals surface area contributed by atoms with Gasteiger partial charge in [0, 0.05) is 11.1 Å². The Morgan fingerprint density at radius 3 is 2.67 bits per heavy atom. The largest absolute Gasteiger partial charge is 0.356 e. The third-order valence-electron chi connectivity index (χ3n) is 3.63. The Bertz CT molecular complexity index is 423. The van der Waals surface area contributed by atoms with Crippen molar-refractivity contribution in [2.45, 2.75) is 26.2 Å². The summed E-state index contributed by atoms with van der Waals surface area (Å²) < 4.78 is 13.6. The van der Waals surface area contributed by atoms with Gasteiger partial charge < -0.3 is 5.32 Å². The molecule has 15 heavy (non-hydrogen) atoms. The van der Waals surface area contributed by atoms with E-state index in [0.717, 1.165) is 11.3 Å². The third-order valence-corrected chi connectivity index (χ3v) is 3.63. The summed E-state index contributed by atoms with van der Waals surface area (Å²) in [6, 6.07) is 5.21. The molecule has 1 heterocycles. The second-order valence-corrected chi connectivity index (χ2v) is 4.62. The van der Waals surface area contributed by atoms with Crippen LogP contribution in [0, 0.1) is 11.7 Å². The van der Waals surface area contributed by atoms with Crippen molar-refractivity contribution in [3.05, 3.63) is 41.9 Å². The number of para-hydroxylation sites is 1. The van der Waals surface area contributed by atoms with Gasteiger partial charge in [0.1, 0.15) is 5.82 Å². The van der Waals surface area contributed by atoms with Crippen LogP contribution >= 0.6 is 0 Å². The van der Waals surface area contributed by atoms with E-state index in [4.69, 9.17) is 0 Å². The molecule has 1 aromatic rings. The van der Waals surface area contributed by atoms with Gasteiger partial charge >= 0.3 is 0 Å². The topological polar surface area (TPSA) is 12.0 Å². The number of hydrogen-bond acceptors (Lipinski definition) is 1. The smallest absolute Gasteiger partial charge is 0.146 e. The highest BCUT2D eigenvalue weighted by Gasteiger charge is 2.41. The number of fused-ring (bicyclic) bond motifs is 1. The lowest BCUT2D eigenvalue weighted by Gasteiger charge is -2.30. The fourth-order valence-corrected chi connectivity index (χ4v) is 2.19. The van der Waals surface area contributed by atoms with Gasteiger partial charge in [-0.2, -0.15) is 0 Å². The van der Waals surface area contributed by atoms with Gasteiger partial charge in [-0.05, 0) is 24.5 Å². The molecule has 1 aliphatic heterocycles. The van der Waals surface area contributed by atoms with Crippen LogP contribution < -0.4 is 5.32 Å². The summed E-state index contributed by atoms with van der Waals surface area (Å²) in [6.45, 7) is 10.4. The molecule has 0 radical (unpaired) electrons. The van der Waals surface area contributed by atoms with E-state index < -0.39 is 0 Å². The van der Waals surface area contributed by atoms with Crippen molar-refractivity contribution < 1.29 is 4.39 Å². The quantitative estimate of drug-likeness (QED) is 0.737. The first-order valence-electron chi connectivity index (χ1n) is 5.23. The summed E-state index contributed by atoms with van der Waals surface area (Å²) in [5, 5.41) is 3.07. The summed E-state index contributed by atoms with van der Waals surface area (Å²) >= 11 is 0. The molecule has 0 fully saturated rings. The zero-order valence-electron chi connectivity index (χ0n) is 9.39. The van der Waals surface area contributed by atoms with E-state index in [1.165, 1.54) is 6.07 Å². The molecule has 1 nitrogen and oxygen atoms in total. The number of anilines is 1.